The highest BCUT2D eigenvalue weighted by atomic mass is 35.5. The lowest BCUT2D eigenvalue weighted by Crippen LogP contribution is -2.04. The van der Waals surface area contributed by atoms with E-state index in [1.54, 1.807) is 18.3 Å². The zero-order valence-corrected chi connectivity index (χ0v) is 8.58. The molecule has 0 fully saturated rings. The molecule has 0 aliphatic heterocycles. The maximum absolute atomic E-state index is 10.6. The molecular weight excluding hydrogens is 212 g/mol. The van der Waals surface area contributed by atoms with Gasteiger partial charge in [-0.25, -0.2) is 0 Å². The molecule has 1 aromatic carbocycles. The van der Waals surface area contributed by atoms with Crippen LogP contribution in [0.15, 0.2) is 30.5 Å². The first kappa shape index (κ1) is 9.80. The van der Waals surface area contributed by atoms with Gasteiger partial charge in [0.1, 0.15) is 0 Å². The van der Waals surface area contributed by atoms with Crippen LogP contribution in [0.1, 0.15) is 5.56 Å². The first-order chi connectivity index (χ1) is 7.16. The first-order valence-electron chi connectivity index (χ1n) is 4.41. The highest BCUT2D eigenvalue weighted by Crippen LogP contribution is 2.22. The summed E-state index contributed by atoms with van der Waals surface area (Å²) in [5.74, 6) is -0.460. The molecule has 2 rings (SSSR count). The van der Waals surface area contributed by atoms with E-state index in [4.69, 9.17) is 17.3 Å². The van der Waals surface area contributed by atoms with Crippen LogP contribution in [-0.4, -0.2) is 10.9 Å². The molecule has 0 atom stereocenters. The van der Waals surface area contributed by atoms with Gasteiger partial charge in [0.25, 0.3) is 0 Å². The van der Waals surface area contributed by atoms with Crippen LogP contribution in [0.25, 0.3) is 17.0 Å². The zero-order chi connectivity index (χ0) is 10.8. The Morgan fingerprint density at radius 3 is 3.00 bits per heavy atom. The van der Waals surface area contributed by atoms with E-state index in [0.717, 1.165) is 16.5 Å². The lowest BCUT2D eigenvalue weighted by atomic mass is 10.1. The summed E-state index contributed by atoms with van der Waals surface area (Å²) in [7, 11) is 0. The quantitative estimate of drug-likeness (QED) is 0.750. The number of halogens is 1. The number of hydrogen-bond acceptors (Lipinski definition) is 1. The summed E-state index contributed by atoms with van der Waals surface area (Å²) in [6.45, 7) is 0. The van der Waals surface area contributed by atoms with Crippen LogP contribution in [0.2, 0.25) is 5.02 Å². The van der Waals surface area contributed by atoms with Crippen molar-refractivity contribution in [2.24, 2.45) is 5.73 Å². The molecule has 0 spiro atoms. The van der Waals surface area contributed by atoms with Crippen molar-refractivity contribution in [1.82, 2.24) is 4.98 Å². The molecule has 3 nitrogen and oxygen atoms in total. The molecule has 0 unspecified atom stereocenters. The Morgan fingerprint density at radius 2 is 2.27 bits per heavy atom. The van der Waals surface area contributed by atoms with Gasteiger partial charge in [-0.15, -0.1) is 0 Å². The highest BCUT2D eigenvalue weighted by Gasteiger charge is 2.01. The van der Waals surface area contributed by atoms with Gasteiger partial charge in [0.2, 0.25) is 5.91 Å². The Kier molecular flexibility index (Phi) is 2.47. The van der Waals surface area contributed by atoms with E-state index in [1.165, 1.54) is 6.08 Å². The van der Waals surface area contributed by atoms with Gasteiger partial charge >= 0.3 is 0 Å². The van der Waals surface area contributed by atoms with Gasteiger partial charge in [0.15, 0.2) is 0 Å². The third-order valence-corrected chi connectivity index (χ3v) is 2.34. The van der Waals surface area contributed by atoms with Crippen molar-refractivity contribution < 1.29 is 4.79 Å². The minimum Gasteiger partial charge on any atom is -0.366 e. The summed E-state index contributed by atoms with van der Waals surface area (Å²) in [6.07, 6.45) is 4.81. The number of hydrogen-bond donors (Lipinski definition) is 2. The van der Waals surface area contributed by atoms with Crippen LogP contribution >= 0.6 is 11.6 Å². The summed E-state index contributed by atoms with van der Waals surface area (Å²) in [5.41, 5.74) is 6.87. The number of H-pyrrole nitrogens is 1. The molecular formula is C11H9ClN2O. The maximum atomic E-state index is 10.6. The second-order valence-corrected chi connectivity index (χ2v) is 3.61. The molecule has 0 bridgehead atoms. The summed E-state index contributed by atoms with van der Waals surface area (Å²) < 4.78 is 0. The van der Waals surface area contributed by atoms with Crippen LogP contribution in [-0.2, 0) is 4.79 Å². The van der Waals surface area contributed by atoms with Gasteiger partial charge in [-0.1, -0.05) is 17.7 Å². The van der Waals surface area contributed by atoms with Gasteiger partial charge in [0.05, 0.1) is 0 Å². The number of aromatic nitrogens is 1. The predicted octanol–water partition coefficient (Wildman–Crippen LogP) is 2.32. The number of amides is 1. The van der Waals surface area contributed by atoms with Gasteiger partial charge in [-0.3, -0.25) is 4.79 Å². The number of benzene rings is 1. The predicted molar refractivity (Wildman–Crippen MR) is 61.5 cm³/mol. The summed E-state index contributed by atoms with van der Waals surface area (Å²) >= 11 is 5.84. The second kappa shape index (κ2) is 3.79. The van der Waals surface area contributed by atoms with Crippen LogP contribution in [0, 0.1) is 0 Å². The lowest BCUT2D eigenvalue weighted by molar-refractivity contribution is -0.113. The number of carbonyl (C=O) groups excluding carboxylic acids is 1. The minimum absolute atomic E-state index is 0.460. The number of carbonyl (C=O) groups is 1. The second-order valence-electron chi connectivity index (χ2n) is 3.17. The van der Waals surface area contributed by atoms with Gasteiger partial charge < -0.3 is 10.7 Å². The fraction of sp³-hybridized carbons (Fsp3) is 0. The molecule has 3 N–H and O–H groups in total. The minimum atomic E-state index is -0.460. The van der Waals surface area contributed by atoms with E-state index in [1.807, 2.05) is 12.1 Å². The van der Waals surface area contributed by atoms with Gasteiger partial charge in [0, 0.05) is 28.2 Å². The van der Waals surface area contributed by atoms with Gasteiger partial charge in [-0.2, -0.15) is 0 Å². The number of nitrogens with one attached hydrogen (secondary N) is 1. The standard InChI is InChI=1S/C11H9ClN2O/c12-8-2-3-9-7(1-4-11(13)15)6-14-10(9)5-8/h1-6,14H,(H2,13,15)/b4-1-. The van der Waals surface area contributed by atoms with Crippen LogP contribution in [0.3, 0.4) is 0 Å². The molecule has 15 heavy (non-hydrogen) atoms. The third-order valence-electron chi connectivity index (χ3n) is 2.10. The number of aromatic amines is 1. The van der Waals surface area contributed by atoms with Crippen LogP contribution in [0.5, 0.6) is 0 Å². The van der Waals surface area contributed by atoms with Crippen molar-refractivity contribution in [2.45, 2.75) is 0 Å². The maximum Gasteiger partial charge on any atom is 0.241 e. The van der Waals surface area contributed by atoms with Crippen molar-refractivity contribution in [2.75, 3.05) is 0 Å². The zero-order valence-electron chi connectivity index (χ0n) is 7.83. The fourth-order valence-corrected chi connectivity index (χ4v) is 1.60. The van der Waals surface area contributed by atoms with E-state index in [0.29, 0.717) is 5.02 Å². The highest BCUT2D eigenvalue weighted by molar-refractivity contribution is 6.31. The molecule has 0 aliphatic rings. The van der Waals surface area contributed by atoms with E-state index < -0.39 is 5.91 Å². The van der Waals surface area contributed by atoms with E-state index >= 15 is 0 Å². The van der Waals surface area contributed by atoms with Crippen molar-refractivity contribution in [1.29, 1.82) is 0 Å². The van der Waals surface area contributed by atoms with E-state index in [2.05, 4.69) is 4.98 Å². The fourth-order valence-electron chi connectivity index (χ4n) is 1.43. The van der Waals surface area contributed by atoms with Crippen molar-refractivity contribution in [3.05, 3.63) is 41.1 Å². The average Bonchev–Trinajstić information content (AvgIpc) is 2.57. The third kappa shape index (κ3) is 2.02. The smallest absolute Gasteiger partial charge is 0.241 e. The number of primary amides is 1. The Morgan fingerprint density at radius 1 is 1.47 bits per heavy atom. The molecule has 1 heterocycles. The number of fused-ring (bicyclic) bond motifs is 1. The monoisotopic (exact) mass is 220 g/mol. The SMILES string of the molecule is NC(=O)/C=C\c1c[nH]c2cc(Cl)ccc12. The Bertz CT molecular complexity index is 543. The Balaban J connectivity index is 2.50. The normalized spacial score (nSPS) is 11.3. The molecule has 1 amide bonds. The summed E-state index contributed by atoms with van der Waals surface area (Å²) in [4.78, 5) is 13.7. The first-order valence-corrected chi connectivity index (χ1v) is 4.79. The average molecular weight is 221 g/mol. The van der Waals surface area contributed by atoms with E-state index in [-0.39, 0.29) is 0 Å². The topological polar surface area (TPSA) is 58.9 Å². The van der Waals surface area contributed by atoms with Gasteiger partial charge in [-0.05, 0) is 23.8 Å². The molecule has 0 aliphatic carbocycles. The summed E-state index contributed by atoms with van der Waals surface area (Å²) in [6, 6.07) is 5.53. The van der Waals surface area contributed by atoms with Crippen LogP contribution < -0.4 is 5.73 Å². The Hall–Kier alpha value is -1.74. The lowest BCUT2D eigenvalue weighted by Gasteiger charge is -1.92. The van der Waals surface area contributed by atoms with E-state index in [9.17, 15) is 4.79 Å². The van der Waals surface area contributed by atoms with Crippen molar-refractivity contribution >= 4 is 34.5 Å². The molecule has 0 saturated carbocycles. The van der Waals surface area contributed by atoms with Crippen molar-refractivity contribution in [3.63, 3.8) is 0 Å². The molecule has 2 aromatic rings. The summed E-state index contributed by atoms with van der Waals surface area (Å²) in [5, 5.41) is 1.69. The molecule has 4 heteroatoms. The largest absolute Gasteiger partial charge is 0.366 e. The number of nitrogens with two attached hydrogens (primary N) is 1. The molecule has 76 valence electrons. The van der Waals surface area contributed by atoms with Crippen molar-refractivity contribution in [3.8, 4) is 0 Å². The molecule has 1 aromatic heterocycles. The number of rotatable bonds is 2. The van der Waals surface area contributed by atoms with Crippen LogP contribution in [0.4, 0.5) is 0 Å². The Labute approximate surface area is 91.5 Å². The molecule has 0 radical (unpaired) electrons. The molecule has 0 saturated heterocycles.